The van der Waals surface area contributed by atoms with Gasteiger partial charge in [-0.05, 0) is 50.9 Å². The fraction of sp³-hybridized carbons (Fsp3) is 0.900. The van der Waals surface area contributed by atoms with Crippen molar-refractivity contribution in [3.8, 4) is 0 Å². The molecule has 0 N–H and O–H groups in total. The number of rotatable bonds is 11. The maximum atomic E-state index is 12.1. The van der Waals surface area contributed by atoms with Gasteiger partial charge in [-0.1, -0.05) is 40.0 Å². The summed E-state index contributed by atoms with van der Waals surface area (Å²) in [6, 6.07) is 0. The van der Waals surface area contributed by atoms with Crippen LogP contribution in [0.3, 0.4) is 0 Å². The number of carbonyl (C=O) groups is 2. The molecule has 0 aromatic rings. The summed E-state index contributed by atoms with van der Waals surface area (Å²) in [7, 11) is 0. The van der Waals surface area contributed by atoms with Crippen LogP contribution in [0.4, 0.5) is 0 Å². The maximum Gasteiger partial charge on any atom is 0.308 e. The Balaban J connectivity index is 2.14. The van der Waals surface area contributed by atoms with Gasteiger partial charge in [0.05, 0.1) is 25.0 Å². The van der Waals surface area contributed by atoms with Crippen LogP contribution < -0.4 is 0 Å². The van der Waals surface area contributed by atoms with Crippen molar-refractivity contribution < 1.29 is 19.1 Å². The normalized spacial score (nSPS) is 20.8. The average Bonchev–Trinajstić information content (AvgIpc) is 2.58. The van der Waals surface area contributed by atoms with E-state index in [1.54, 1.807) is 0 Å². The minimum atomic E-state index is -0.0786. The summed E-state index contributed by atoms with van der Waals surface area (Å²) in [5, 5.41) is 0. The average molecular weight is 341 g/mol. The number of esters is 2. The maximum absolute atomic E-state index is 12.1. The third-order valence-electron chi connectivity index (χ3n) is 4.81. The molecule has 0 heterocycles. The molecule has 1 aliphatic carbocycles. The highest BCUT2D eigenvalue weighted by Gasteiger charge is 2.31. The lowest BCUT2D eigenvalue weighted by Crippen LogP contribution is -2.28. The van der Waals surface area contributed by atoms with Crippen LogP contribution in [-0.4, -0.2) is 25.2 Å². The summed E-state index contributed by atoms with van der Waals surface area (Å²) in [4.78, 5) is 24.1. The van der Waals surface area contributed by atoms with Gasteiger partial charge >= 0.3 is 11.9 Å². The Morgan fingerprint density at radius 1 is 0.833 bits per heavy atom. The van der Waals surface area contributed by atoms with Crippen molar-refractivity contribution in [1.82, 2.24) is 0 Å². The molecule has 0 radical (unpaired) electrons. The molecule has 0 amide bonds. The zero-order valence-electron chi connectivity index (χ0n) is 15.9. The molecule has 0 aromatic carbocycles. The fourth-order valence-electron chi connectivity index (χ4n) is 3.17. The third kappa shape index (κ3) is 8.70. The van der Waals surface area contributed by atoms with E-state index in [0.717, 1.165) is 51.4 Å². The van der Waals surface area contributed by atoms with Crippen molar-refractivity contribution in [2.24, 2.45) is 17.8 Å². The summed E-state index contributed by atoms with van der Waals surface area (Å²) in [6.45, 7) is 7.57. The summed E-state index contributed by atoms with van der Waals surface area (Å²) < 4.78 is 10.7. The van der Waals surface area contributed by atoms with Gasteiger partial charge < -0.3 is 9.47 Å². The van der Waals surface area contributed by atoms with E-state index >= 15 is 0 Å². The highest BCUT2D eigenvalue weighted by atomic mass is 16.5. The number of hydrogen-bond donors (Lipinski definition) is 0. The van der Waals surface area contributed by atoms with E-state index < -0.39 is 0 Å². The zero-order chi connectivity index (χ0) is 17.8. The molecule has 0 aromatic heterocycles. The van der Waals surface area contributed by atoms with Crippen molar-refractivity contribution in [2.45, 2.75) is 85.0 Å². The van der Waals surface area contributed by atoms with E-state index in [1.807, 2.05) is 0 Å². The molecule has 0 bridgehead atoms. The molecule has 1 saturated carbocycles. The van der Waals surface area contributed by atoms with Crippen molar-refractivity contribution >= 4 is 11.9 Å². The molecule has 1 fully saturated rings. The lowest BCUT2D eigenvalue weighted by molar-refractivity contribution is -0.155. The van der Waals surface area contributed by atoms with Crippen LogP contribution in [0.2, 0.25) is 0 Å². The summed E-state index contributed by atoms with van der Waals surface area (Å²) in [5.41, 5.74) is 0. The molecule has 4 heteroatoms. The predicted molar refractivity (Wildman–Crippen MR) is 95.6 cm³/mol. The van der Waals surface area contributed by atoms with Gasteiger partial charge in [-0.3, -0.25) is 9.59 Å². The van der Waals surface area contributed by atoms with Gasteiger partial charge in [-0.25, -0.2) is 0 Å². The molecule has 140 valence electrons. The first kappa shape index (κ1) is 21.0. The monoisotopic (exact) mass is 340 g/mol. The molecule has 0 spiro atoms. The zero-order valence-corrected chi connectivity index (χ0v) is 15.9. The van der Waals surface area contributed by atoms with E-state index in [0.29, 0.717) is 19.1 Å². The van der Waals surface area contributed by atoms with Gasteiger partial charge in [-0.15, -0.1) is 0 Å². The first-order chi connectivity index (χ1) is 11.5. The highest BCUT2D eigenvalue weighted by molar-refractivity contribution is 5.75. The molecule has 4 nitrogen and oxygen atoms in total. The van der Waals surface area contributed by atoms with E-state index in [1.165, 1.54) is 12.8 Å². The summed E-state index contributed by atoms with van der Waals surface area (Å²) >= 11 is 0. The summed E-state index contributed by atoms with van der Waals surface area (Å²) in [5.74, 6) is 0.436. The largest absolute Gasteiger partial charge is 0.465 e. The lowest BCUT2D eigenvalue weighted by Gasteiger charge is -2.26. The second kappa shape index (κ2) is 12.3. The second-order valence-electron chi connectivity index (χ2n) is 7.48. The van der Waals surface area contributed by atoms with Crippen molar-refractivity contribution in [1.29, 1.82) is 0 Å². The smallest absolute Gasteiger partial charge is 0.308 e. The van der Waals surface area contributed by atoms with Gasteiger partial charge in [0.25, 0.3) is 0 Å². The van der Waals surface area contributed by atoms with Crippen LogP contribution >= 0.6 is 0 Å². The quantitative estimate of drug-likeness (QED) is 0.397. The van der Waals surface area contributed by atoms with Gasteiger partial charge in [0, 0.05) is 0 Å². The first-order valence-corrected chi connectivity index (χ1v) is 9.87. The van der Waals surface area contributed by atoms with Crippen LogP contribution in [-0.2, 0) is 19.1 Å². The molecule has 0 unspecified atom stereocenters. The Labute approximate surface area is 147 Å². The number of carbonyl (C=O) groups excluding carboxylic acids is 2. The van der Waals surface area contributed by atoms with Crippen LogP contribution in [0.1, 0.15) is 85.0 Å². The topological polar surface area (TPSA) is 52.6 Å². The second-order valence-corrected chi connectivity index (χ2v) is 7.48. The Bertz CT molecular complexity index is 357. The minimum Gasteiger partial charge on any atom is -0.465 e. The van der Waals surface area contributed by atoms with Gasteiger partial charge in [0.15, 0.2) is 0 Å². The Kier molecular flexibility index (Phi) is 10.8. The molecule has 24 heavy (non-hydrogen) atoms. The minimum absolute atomic E-state index is 0.0267. The number of unbranched alkanes of at least 4 members (excludes halogenated alkanes) is 3. The van der Waals surface area contributed by atoms with Crippen LogP contribution in [0.25, 0.3) is 0 Å². The first-order valence-electron chi connectivity index (χ1n) is 9.87. The van der Waals surface area contributed by atoms with Crippen molar-refractivity contribution in [3.05, 3.63) is 0 Å². The van der Waals surface area contributed by atoms with E-state index in [-0.39, 0.29) is 23.8 Å². The Hall–Kier alpha value is -1.06. The molecule has 0 atom stereocenters. The molecule has 1 aliphatic rings. The van der Waals surface area contributed by atoms with Crippen molar-refractivity contribution in [2.75, 3.05) is 13.2 Å². The molecule has 0 aliphatic heterocycles. The number of hydrogen-bond acceptors (Lipinski definition) is 4. The van der Waals surface area contributed by atoms with Crippen LogP contribution in [0.15, 0.2) is 0 Å². The van der Waals surface area contributed by atoms with Crippen LogP contribution in [0, 0.1) is 17.8 Å². The fourth-order valence-corrected chi connectivity index (χ4v) is 3.17. The van der Waals surface area contributed by atoms with E-state index in [2.05, 4.69) is 20.8 Å². The van der Waals surface area contributed by atoms with E-state index in [9.17, 15) is 9.59 Å². The van der Waals surface area contributed by atoms with E-state index in [4.69, 9.17) is 9.47 Å². The van der Waals surface area contributed by atoms with Gasteiger partial charge in [0.1, 0.15) is 0 Å². The molecular formula is C20H36O4. The molecule has 0 saturated heterocycles. The van der Waals surface area contributed by atoms with Gasteiger partial charge in [-0.2, -0.15) is 0 Å². The summed E-state index contributed by atoms with van der Waals surface area (Å²) in [6.07, 6.45) is 9.48. The highest BCUT2D eigenvalue weighted by Crippen LogP contribution is 2.30. The lowest BCUT2D eigenvalue weighted by atomic mass is 9.82. The van der Waals surface area contributed by atoms with Crippen molar-refractivity contribution in [3.63, 3.8) is 0 Å². The predicted octanol–water partition coefficient (Wildman–Crippen LogP) is 4.90. The van der Waals surface area contributed by atoms with Crippen LogP contribution in [0.5, 0.6) is 0 Å². The standard InChI is InChI=1S/C20H36O4/c1-4-5-6-7-14-23-19(21)17-10-12-18(13-11-17)20(22)24-15-8-9-16(2)3/h16-18H,4-15H2,1-3H3. The van der Waals surface area contributed by atoms with Gasteiger partial charge in [0.2, 0.25) is 0 Å². The molecule has 1 rings (SSSR count). The third-order valence-corrected chi connectivity index (χ3v) is 4.81. The molecular weight excluding hydrogens is 304 g/mol. The Morgan fingerprint density at radius 3 is 1.79 bits per heavy atom. The number of ether oxygens (including phenoxy) is 2. The SMILES string of the molecule is CCCCCCOC(=O)C1CCC(C(=O)OCCCC(C)C)CC1. The Morgan fingerprint density at radius 2 is 1.33 bits per heavy atom.